The average Bonchev–Trinajstić information content (AvgIpc) is 3.10. The number of amides is 2. The largest absolute Gasteiger partial charge is 0.480 e. The molecule has 1 unspecified atom stereocenters. The zero-order valence-corrected chi connectivity index (χ0v) is 15.2. The van der Waals surface area contributed by atoms with Gasteiger partial charge in [-0.1, -0.05) is 48.5 Å². The van der Waals surface area contributed by atoms with Crippen LogP contribution in [0, 0.1) is 0 Å². The highest BCUT2D eigenvalue weighted by Gasteiger charge is 2.37. The molecule has 28 heavy (non-hydrogen) atoms. The third-order valence-corrected chi connectivity index (χ3v) is 4.88. The molecule has 0 radical (unpaired) electrons. The summed E-state index contributed by atoms with van der Waals surface area (Å²) in [7, 11) is 0. The first-order valence-electron chi connectivity index (χ1n) is 9.04. The minimum atomic E-state index is -1.03. The number of anilines is 1. The van der Waals surface area contributed by atoms with Crippen LogP contribution in [0.1, 0.15) is 17.0 Å². The van der Waals surface area contributed by atoms with Crippen LogP contribution in [-0.2, 0) is 24.3 Å². The third-order valence-electron chi connectivity index (χ3n) is 4.88. The highest BCUT2D eigenvalue weighted by molar-refractivity contribution is 5.92. The molecule has 2 aromatic carbocycles. The Bertz CT molecular complexity index is 985. The summed E-state index contributed by atoms with van der Waals surface area (Å²) in [4.78, 5) is 30.3. The maximum Gasteiger partial charge on any atom is 0.326 e. The van der Waals surface area contributed by atoms with Crippen molar-refractivity contribution in [2.24, 2.45) is 0 Å². The zero-order chi connectivity index (χ0) is 19.5. The minimum absolute atomic E-state index is 0.159. The summed E-state index contributed by atoms with van der Waals surface area (Å²) in [5.41, 5.74) is 3.33. The molecule has 7 nitrogen and oxygen atoms in total. The Morgan fingerprint density at radius 1 is 1.07 bits per heavy atom. The van der Waals surface area contributed by atoms with Gasteiger partial charge < -0.3 is 19.9 Å². The number of imidazole rings is 1. The number of hydrogen-bond acceptors (Lipinski definition) is 3. The van der Waals surface area contributed by atoms with Crippen molar-refractivity contribution in [1.29, 1.82) is 0 Å². The lowest BCUT2D eigenvalue weighted by Crippen LogP contribution is -2.50. The van der Waals surface area contributed by atoms with Gasteiger partial charge in [-0.2, -0.15) is 0 Å². The smallest absolute Gasteiger partial charge is 0.326 e. The van der Waals surface area contributed by atoms with Gasteiger partial charge in [0.1, 0.15) is 6.04 Å². The van der Waals surface area contributed by atoms with Gasteiger partial charge in [-0.05, 0) is 17.7 Å². The van der Waals surface area contributed by atoms with E-state index >= 15 is 0 Å². The van der Waals surface area contributed by atoms with E-state index in [4.69, 9.17) is 0 Å². The van der Waals surface area contributed by atoms with E-state index in [0.717, 1.165) is 17.0 Å². The van der Waals surface area contributed by atoms with Crippen molar-refractivity contribution in [1.82, 2.24) is 14.5 Å². The van der Waals surface area contributed by atoms with E-state index in [0.29, 0.717) is 12.2 Å². The number of carbonyl (C=O) groups excluding carboxylic acids is 1. The van der Waals surface area contributed by atoms with Gasteiger partial charge in [-0.25, -0.2) is 14.6 Å². The number of fused-ring (bicyclic) bond motifs is 1. The summed E-state index contributed by atoms with van der Waals surface area (Å²) in [5.74, 6) is -1.03. The number of rotatable bonds is 4. The molecule has 1 aliphatic heterocycles. The van der Waals surface area contributed by atoms with Crippen LogP contribution in [0.4, 0.5) is 10.5 Å². The number of carboxylic acids is 1. The Morgan fingerprint density at radius 2 is 1.75 bits per heavy atom. The molecule has 0 fully saturated rings. The Kier molecular flexibility index (Phi) is 4.80. The molecule has 3 aromatic rings. The number of nitrogens with zero attached hydrogens (tertiary/aromatic N) is 3. The van der Waals surface area contributed by atoms with Crippen LogP contribution in [-0.4, -0.2) is 37.6 Å². The Balaban J connectivity index is 1.57. The van der Waals surface area contributed by atoms with E-state index in [1.807, 2.05) is 53.1 Å². The standard InChI is InChI=1S/C21H20N4O3/c26-20(27)19-11-18-17(22-14-24(18)12-15-7-3-1-4-8-15)13-25(19)21(28)23-16-9-5-2-6-10-16/h1-10,14,19H,11-13H2,(H,23,28)(H,26,27). The van der Waals surface area contributed by atoms with Crippen LogP contribution in [0.2, 0.25) is 0 Å². The highest BCUT2D eigenvalue weighted by Crippen LogP contribution is 2.24. The minimum Gasteiger partial charge on any atom is -0.480 e. The van der Waals surface area contributed by atoms with Crippen molar-refractivity contribution >= 4 is 17.7 Å². The molecule has 2 N–H and O–H groups in total. The second-order valence-electron chi connectivity index (χ2n) is 6.73. The van der Waals surface area contributed by atoms with Crippen LogP contribution in [0.15, 0.2) is 67.0 Å². The topological polar surface area (TPSA) is 87.5 Å². The molecule has 0 aliphatic carbocycles. The summed E-state index contributed by atoms with van der Waals surface area (Å²) in [6.07, 6.45) is 1.94. The van der Waals surface area contributed by atoms with E-state index in [9.17, 15) is 14.7 Å². The molecule has 2 amide bonds. The van der Waals surface area contributed by atoms with Gasteiger partial charge >= 0.3 is 12.0 Å². The van der Waals surface area contributed by atoms with Crippen LogP contribution in [0.25, 0.3) is 0 Å². The number of nitrogens with one attached hydrogen (secondary N) is 1. The first-order valence-corrected chi connectivity index (χ1v) is 9.04. The summed E-state index contributed by atoms with van der Waals surface area (Å²) < 4.78 is 1.97. The molecule has 0 saturated heterocycles. The molecule has 2 heterocycles. The normalized spacial score (nSPS) is 15.7. The van der Waals surface area contributed by atoms with Gasteiger partial charge in [0.25, 0.3) is 0 Å². The average molecular weight is 376 g/mol. The fourth-order valence-electron chi connectivity index (χ4n) is 3.45. The van der Waals surface area contributed by atoms with Gasteiger partial charge in [-0.3, -0.25) is 0 Å². The number of aromatic nitrogens is 2. The number of urea groups is 1. The Morgan fingerprint density at radius 3 is 2.43 bits per heavy atom. The molecule has 0 saturated carbocycles. The lowest BCUT2D eigenvalue weighted by atomic mass is 10.0. The zero-order valence-electron chi connectivity index (χ0n) is 15.2. The van der Waals surface area contributed by atoms with E-state index in [-0.39, 0.29) is 13.0 Å². The third kappa shape index (κ3) is 3.59. The van der Waals surface area contributed by atoms with Crippen LogP contribution in [0.5, 0.6) is 0 Å². The first kappa shape index (κ1) is 17.8. The van der Waals surface area contributed by atoms with Crippen molar-refractivity contribution in [3.05, 3.63) is 83.9 Å². The first-order chi connectivity index (χ1) is 13.6. The van der Waals surface area contributed by atoms with Crippen LogP contribution < -0.4 is 5.32 Å². The molecule has 1 atom stereocenters. The SMILES string of the molecule is O=C(O)C1Cc2c(ncn2Cc2ccccc2)CN1C(=O)Nc1ccccc1. The molecule has 7 heteroatoms. The Labute approximate surface area is 162 Å². The van der Waals surface area contributed by atoms with Crippen molar-refractivity contribution in [2.45, 2.75) is 25.6 Å². The quantitative estimate of drug-likeness (QED) is 0.733. The molecular weight excluding hydrogens is 356 g/mol. The maximum atomic E-state index is 12.7. The fourth-order valence-corrected chi connectivity index (χ4v) is 3.45. The maximum absolute atomic E-state index is 12.7. The Hall–Kier alpha value is -3.61. The van der Waals surface area contributed by atoms with Gasteiger partial charge in [0.15, 0.2) is 0 Å². The lowest BCUT2D eigenvalue weighted by molar-refractivity contribution is -0.142. The van der Waals surface area contributed by atoms with Crippen LogP contribution >= 0.6 is 0 Å². The predicted molar refractivity (Wildman–Crippen MR) is 104 cm³/mol. The fraction of sp³-hybridized carbons (Fsp3) is 0.190. The molecule has 0 bridgehead atoms. The highest BCUT2D eigenvalue weighted by atomic mass is 16.4. The summed E-state index contributed by atoms with van der Waals surface area (Å²) in [6.45, 7) is 0.776. The number of aliphatic carboxylic acids is 1. The second kappa shape index (κ2) is 7.56. The summed E-state index contributed by atoms with van der Waals surface area (Å²) in [6, 6.07) is 17.5. The number of para-hydroxylation sites is 1. The molecule has 1 aromatic heterocycles. The van der Waals surface area contributed by atoms with E-state index < -0.39 is 18.0 Å². The number of benzene rings is 2. The molecule has 1 aliphatic rings. The molecular formula is C21H20N4O3. The summed E-state index contributed by atoms with van der Waals surface area (Å²) in [5, 5.41) is 12.5. The molecule has 4 rings (SSSR count). The van der Waals surface area contributed by atoms with Gasteiger partial charge in [0.05, 0.1) is 18.6 Å². The van der Waals surface area contributed by atoms with Gasteiger partial charge in [0.2, 0.25) is 0 Å². The van der Waals surface area contributed by atoms with Crippen molar-refractivity contribution in [2.75, 3.05) is 5.32 Å². The number of carboxylic acid groups (broad SMARTS) is 1. The second-order valence-corrected chi connectivity index (χ2v) is 6.73. The summed E-state index contributed by atoms with van der Waals surface area (Å²) >= 11 is 0. The number of carbonyl (C=O) groups is 2. The van der Waals surface area contributed by atoms with Crippen molar-refractivity contribution in [3.8, 4) is 0 Å². The lowest BCUT2D eigenvalue weighted by Gasteiger charge is -2.33. The van der Waals surface area contributed by atoms with Crippen molar-refractivity contribution < 1.29 is 14.7 Å². The van der Waals surface area contributed by atoms with E-state index in [2.05, 4.69) is 10.3 Å². The number of hydrogen-bond donors (Lipinski definition) is 2. The van der Waals surface area contributed by atoms with Crippen molar-refractivity contribution in [3.63, 3.8) is 0 Å². The molecule has 0 spiro atoms. The van der Waals surface area contributed by atoms with Gasteiger partial charge in [0, 0.05) is 24.3 Å². The van der Waals surface area contributed by atoms with Crippen LogP contribution in [0.3, 0.4) is 0 Å². The van der Waals surface area contributed by atoms with E-state index in [1.54, 1.807) is 18.5 Å². The van der Waals surface area contributed by atoms with E-state index in [1.165, 1.54) is 4.90 Å². The monoisotopic (exact) mass is 376 g/mol. The molecule has 142 valence electrons. The van der Waals surface area contributed by atoms with Gasteiger partial charge in [-0.15, -0.1) is 0 Å². The predicted octanol–water partition coefficient (Wildman–Crippen LogP) is 2.97.